The first-order valence-electron chi connectivity index (χ1n) is 8.57. The van der Waals surface area contributed by atoms with Gasteiger partial charge < -0.3 is 15.1 Å². The highest BCUT2D eigenvalue weighted by molar-refractivity contribution is 5.93. The molecule has 0 aliphatic heterocycles. The Morgan fingerprint density at radius 1 is 1.22 bits per heavy atom. The van der Waals surface area contributed by atoms with E-state index in [1.54, 1.807) is 25.2 Å². The van der Waals surface area contributed by atoms with Crippen molar-refractivity contribution >= 4 is 11.7 Å². The summed E-state index contributed by atoms with van der Waals surface area (Å²) in [5.41, 5.74) is 0.622. The molecule has 23 heavy (non-hydrogen) atoms. The smallest absolute Gasteiger partial charge is 0.254 e. The van der Waals surface area contributed by atoms with Gasteiger partial charge in [0.2, 0.25) is 0 Å². The summed E-state index contributed by atoms with van der Waals surface area (Å²) in [7, 11) is 7.82. The number of likely N-dealkylation sites (N-methyl/N-ethyl adjacent to an activating group) is 1. The molecule has 1 amide bonds. The Labute approximate surface area is 140 Å². The molecule has 5 nitrogen and oxygen atoms in total. The highest BCUT2D eigenvalue weighted by Gasteiger charge is 2.25. The van der Waals surface area contributed by atoms with Gasteiger partial charge in [-0.1, -0.05) is 19.3 Å². The third-order valence-corrected chi connectivity index (χ3v) is 4.77. The van der Waals surface area contributed by atoms with Crippen LogP contribution < -0.4 is 5.32 Å². The molecule has 1 aromatic rings. The fourth-order valence-corrected chi connectivity index (χ4v) is 3.38. The van der Waals surface area contributed by atoms with Crippen LogP contribution in [0.5, 0.6) is 0 Å². The number of hydrogen-bond acceptors (Lipinski definition) is 4. The van der Waals surface area contributed by atoms with E-state index in [0.29, 0.717) is 11.6 Å². The lowest BCUT2D eigenvalue weighted by Crippen LogP contribution is -2.41. The number of amides is 1. The summed E-state index contributed by atoms with van der Waals surface area (Å²) in [4.78, 5) is 20.1. The Kier molecular flexibility index (Phi) is 6.39. The van der Waals surface area contributed by atoms with Crippen LogP contribution in [0.25, 0.3) is 0 Å². The maximum absolute atomic E-state index is 11.9. The second-order valence-corrected chi connectivity index (χ2v) is 6.94. The molecule has 5 heteroatoms. The number of nitrogens with one attached hydrogen (secondary N) is 1. The van der Waals surface area contributed by atoms with Gasteiger partial charge in [-0.05, 0) is 45.0 Å². The van der Waals surface area contributed by atoms with E-state index in [1.807, 2.05) is 12.1 Å². The minimum atomic E-state index is -0.0163. The van der Waals surface area contributed by atoms with Crippen LogP contribution in [0.15, 0.2) is 18.3 Å². The van der Waals surface area contributed by atoms with E-state index in [1.165, 1.54) is 32.1 Å². The van der Waals surface area contributed by atoms with E-state index in [0.717, 1.165) is 18.3 Å². The molecule has 128 valence electrons. The van der Waals surface area contributed by atoms with Gasteiger partial charge >= 0.3 is 0 Å². The number of rotatable bonds is 6. The molecule has 1 aliphatic rings. The number of anilines is 1. The molecule has 0 radical (unpaired) electrons. The predicted octanol–water partition coefficient (Wildman–Crippen LogP) is 2.71. The molecule has 0 spiro atoms. The molecule has 1 saturated carbocycles. The molecule has 1 N–H and O–H groups in total. The van der Waals surface area contributed by atoms with Crippen LogP contribution in [-0.2, 0) is 0 Å². The minimum absolute atomic E-state index is 0.0163. The standard InChI is InChI=1S/C18H30N4O/c1-21(2)16(14-8-6-5-7-9-14)13-20-17-11-10-15(12-19-17)18(23)22(3)4/h10-12,14,16H,5-9,13H2,1-4H3,(H,19,20). The van der Waals surface area contributed by atoms with Crippen LogP contribution in [0, 0.1) is 5.92 Å². The van der Waals surface area contributed by atoms with Gasteiger partial charge in [-0.15, -0.1) is 0 Å². The van der Waals surface area contributed by atoms with Gasteiger partial charge in [0.05, 0.1) is 5.56 Å². The zero-order valence-corrected chi connectivity index (χ0v) is 14.9. The number of hydrogen-bond donors (Lipinski definition) is 1. The Morgan fingerprint density at radius 2 is 1.91 bits per heavy atom. The number of carbonyl (C=O) groups is 1. The summed E-state index contributed by atoms with van der Waals surface area (Å²) in [6.45, 7) is 0.894. The second-order valence-electron chi connectivity index (χ2n) is 6.94. The summed E-state index contributed by atoms with van der Waals surface area (Å²) >= 11 is 0. The van der Waals surface area contributed by atoms with Crippen molar-refractivity contribution in [2.45, 2.75) is 38.1 Å². The molecule has 1 unspecified atom stereocenters. The lowest BCUT2D eigenvalue weighted by atomic mass is 9.83. The van der Waals surface area contributed by atoms with Crippen LogP contribution in [-0.4, -0.2) is 61.5 Å². The van der Waals surface area contributed by atoms with Crippen molar-refractivity contribution in [2.24, 2.45) is 5.92 Å². The van der Waals surface area contributed by atoms with Gasteiger partial charge in [0.25, 0.3) is 5.91 Å². The predicted molar refractivity (Wildman–Crippen MR) is 94.8 cm³/mol. The van der Waals surface area contributed by atoms with Crippen molar-refractivity contribution in [1.29, 1.82) is 0 Å². The van der Waals surface area contributed by atoms with Crippen LogP contribution in [0.4, 0.5) is 5.82 Å². The van der Waals surface area contributed by atoms with Crippen LogP contribution >= 0.6 is 0 Å². The van der Waals surface area contributed by atoms with Crippen molar-refractivity contribution in [3.63, 3.8) is 0 Å². The van der Waals surface area contributed by atoms with E-state index < -0.39 is 0 Å². The van der Waals surface area contributed by atoms with E-state index in [4.69, 9.17) is 0 Å². The van der Waals surface area contributed by atoms with Gasteiger partial charge in [0, 0.05) is 32.9 Å². The first kappa shape index (κ1) is 17.7. The van der Waals surface area contributed by atoms with Crippen LogP contribution in [0.3, 0.4) is 0 Å². The largest absolute Gasteiger partial charge is 0.368 e. The normalized spacial score (nSPS) is 17.1. The lowest BCUT2D eigenvalue weighted by Gasteiger charge is -2.35. The fourth-order valence-electron chi connectivity index (χ4n) is 3.38. The SMILES string of the molecule is CN(C)C(=O)c1ccc(NCC(C2CCCCC2)N(C)C)nc1. The molecule has 1 aromatic heterocycles. The molecule has 0 saturated heterocycles. The quantitative estimate of drug-likeness (QED) is 0.876. The third-order valence-electron chi connectivity index (χ3n) is 4.77. The summed E-state index contributed by atoms with van der Waals surface area (Å²) in [6.07, 6.45) is 8.40. The minimum Gasteiger partial charge on any atom is -0.368 e. The molecular formula is C18H30N4O. The van der Waals surface area contributed by atoms with E-state index >= 15 is 0 Å². The molecule has 0 aromatic carbocycles. The highest BCUT2D eigenvalue weighted by atomic mass is 16.2. The van der Waals surface area contributed by atoms with Gasteiger partial charge in [0.1, 0.15) is 5.82 Å². The van der Waals surface area contributed by atoms with Gasteiger partial charge in [0.15, 0.2) is 0 Å². The molecule has 1 heterocycles. The maximum atomic E-state index is 11.9. The lowest BCUT2D eigenvalue weighted by molar-refractivity contribution is 0.0827. The molecule has 1 fully saturated rings. The third kappa shape index (κ3) is 4.93. The van der Waals surface area contributed by atoms with E-state index in [9.17, 15) is 4.79 Å². The summed E-state index contributed by atoms with van der Waals surface area (Å²) in [6, 6.07) is 4.26. The number of aromatic nitrogens is 1. The van der Waals surface area contributed by atoms with Crippen molar-refractivity contribution in [1.82, 2.24) is 14.8 Å². The average Bonchev–Trinajstić information content (AvgIpc) is 2.55. The first-order chi connectivity index (χ1) is 11.0. The Balaban J connectivity index is 1.93. The number of carbonyl (C=O) groups excluding carboxylic acids is 1. The molecule has 2 rings (SSSR count). The van der Waals surface area contributed by atoms with Crippen molar-refractivity contribution in [2.75, 3.05) is 40.1 Å². The zero-order chi connectivity index (χ0) is 16.8. The fraction of sp³-hybridized carbons (Fsp3) is 0.667. The van der Waals surface area contributed by atoms with Crippen molar-refractivity contribution in [3.05, 3.63) is 23.9 Å². The summed E-state index contributed by atoms with van der Waals surface area (Å²) < 4.78 is 0. The Hall–Kier alpha value is -1.62. The van der Waals surface area contributed by atoms with Gasteiger partial charge in [-0.2, -0.15) is 0 Å². The van der Waals surface area contributed by atoms with Crippen LogP contribution in [0.2, 0.25) is 0 Å². The van der Waals surface area contributed by atoms with Gasteiger partial charge in [-0.3, -0.25) is 4.79 Å². The Bertz CT molecular complexity index is 492. The van der Waals surface area contributed by atoms with E-state index in [2.05, 4.69) is 29.3 Å². The Morgan fingerprint density at radius 3 is 2.43 bits per heavy atom. The summed E-state index contributed by atoms with van der Waals surface area (Å²) in [5, 5.41) is 3.44. The van der Waals surface area contributed by atoms with Gasteiger partial charge in [-0.25, -0.2) is 4.98 Å². The molecule has 0 bridgehead atoms. The topological polar surface area (TPSA) is 48.5 Å². The van der Waals surface area contributed by atoms with Crippen molar-refractivity contribution in [3.8, 4) is 0 Å². The summed E-state index contributed by atoms with van der Waals surface area (Å²) in [5.74, 6) is 1.58. The monoisotopic (exact) mass is 318 g/mol. The average molecular weight is 318 g/mol. The zero-order valence-electron chi connectivity index (χ0n) is 14.9. The number of nitrogens with zero attached hydrogens (tertiary/aromatic N) is 3. The van der Waals surface area contributed by atoms with Crippen molar-refractivity contribution < 1.29 is 4.79 Å². The van der Waals surface area contributed by atoms with Crippen LogP contribution in [0.1, 0.15) is 42.5 Å². The molecular weight excluding hydrogens is 288 g/mol. The molecule has 1 aliphatic carbocycles. The number of pyridine rings is 1. The first-order valence-corrected chi connectivity index (χ1v) is 8.57. The highest BCUT2D eigenvalue weighted by Crippen LogP contribution is 2.28. The maximum Gasteiger partial charge on any atom is 0.254 e. The second kappa shape index (κ2) is 8.29. The molecule has 1 atom stereocenters. The van der Waals surface area contributed by atoms with E-state index in [-0.39, 0.29) is 5.91 Å².